The molecule has 0 radical (unpaired) electrons. The van der Waals surface area contributed by atoms with Gasteiger partial charge in [-0.2, -0.15) is 0 Å². The third-order valence-corrected chi connectivity index (χ3v) is 2.76. The van der Waals surface area contributed by atoms with Crippen LogP contribution >= 0.6 is 0 Å². The maximum atomic E-state index is 8.99. The fraction of sp³-hybridized carbons (Fsp3) is 0.333. The average molecular weight is 204 g/mol. The normalized spacial score (nSPS) is 13.2. The van der Waals surface area contributed by atoms with E-state index in [0.29, 0.717) is 0 Å². The number of hydrogen-bond donors (Lipinski definition) is 3. The highest BCUT2D eigenvalue weighted by atomic mass is 16.3. The van der Waals surface area contributed by atoms with Gasteiger partial charge in [-0.1, -0.05) is 18.2 Å². The number of para-hydroxylation sites is 1. The molecule has 0 saturated carbocycles. The fourth-order valence-electron chi connectivity index (χ4n) is 1.97. The Labute approximate surface area is 89.1 Å². The largest absolute Gasteiger partial charge is 0.396 e. The summed E-state index contributed by atoms with van der Waals surface area (Å²) in [5, 5.41) is 13.4. The van der Waals surface area contributed by atoms with Gasteiger partial charge >= 0.3 is 0 Å². The zero-order valence-corrected chi connectivity index (χ0v) is 8.83. The second-order valence-electron chi connectivity index (χ2n) is 3.64. The summed E-state index contributed by atoms with van der Waals surface area (Å²) in [6, 6.07) is 8.42. The second kappa shape index (κ2) is 4.47. The minimum absolute atomic E-state index is 0.199. The first kappa shape index (κ1) is 10.2. The molecule has 0 aliphatic carbocycles. The summed E-state index contributed by atoms with van der Waals surface area (Å²) in [6.45, 7) is 0.199. The third-order valence-electron chi connectivity index (χ3n) is 2.76. The van der Waals surface area contributed by atoms with E-state index < -0.39 is 0 Å². The van der Waals surface area contributed by atoms with Crippen LogP contribution in [-0.4, -0.2) is 23.7 Å². The molecule has 0 fully saturated rings. The molecule has 2 aromatic rings. The predicted octanol–water partition coefficient (Wildman–Crippen LogP) is 1.81. The first-order valence-electron chi connectivity index (χ1n) is 5.21. The number of aliphatic hydroxyl groups is 1. The van der Waals surface area contributed by atoms with Crippen molar-refractivity contribution in [2.75, 3.05) is 13.7 Å². The molecular weight excluding hydrogens is 188 g/mol. The van der Waals surface area contributed by atoms with Gasteiger partial charge in [0.25, 0.3) is 0 Å². The molecule has 1 atom stereocenters. The van der Waals surface area contributed by atoms with Gasteiger partial charge in [0.1, 0.15) is 0 Å². The molecule has 1 unspecified atom stereocenters. The summed E-state index contributed by atoms with van der Waals surface area (Å²) in [5.74, 6) is 0. The molecule has 0 saturated heterocycles. The lowest BCUT2D eigenvalue weighted by Crippen LogP contribution is -2.17. The summed E-state index contributed by atoms with van der Waals surface area (Å²) in [6.07, 6.45) is 2.75. The number of nitrogens with one attached hydrogen (secondary N) is 2. The van der Waals surface area contributed by atoms with Crippen molar-refractivity contribution in [3.63, 3.8) is 0 Å². The summed E-state index contributed by atoms with van der Waals surface area (Å²) in [7, 11) is 1.92. The highest BCUT2D eigenvalue weighted by Gasteiger charge is 2.12. The standard InChI is InChI=1S/C12H16N2O/c1-13-11(6-7-15)10-8-14-12-5-3-2-4-9(10)12/h2-5,8,11,13-15H,6-7H2,1H3. The van der Waals surface area contributed by atoms with E-state index in [2.05, 4.69) is 22.4 Å². The van der Waals surface area contributed by atoms with E-state index in [1.54, 1.807) is 0 Å². The number of hydrogen-bond acceptors (Lipinski definition) is 2. The molecule has 0 aliphatic rings. The van der Waals surface area contributed by atoms with Crippen LogP contribution in [0.2, 0.25) is 0 Å². The first-order chi connectivity index (χ1) is 7.36. The monoisotopic (exact) mass is 204 g/mol. The van der Waals surface area contributed by atoms with Gasteiger partial charge in [-0.3, -0.25) is 0 Å². The van der Waals surface area contributed by atoms with Crippen molar-refractivity contribution >= 4 is 10.9 Å². The van der Waals surface area contributed by atoms with Gasteiger partial charge in [0, 0.05) is 29.7 Å². The number of aromatic nitrogens is 1. The van der Waals surface area contributed by atoms with Gasteiger partial charge in [0.15, 0.2) is 0 Å². The van der Waals surface area contributed by atoms with Gasteiger partial charge < -0.3 is 15.4 Å². The molecule has 3 N–H and O–H groups in total. The zero-order valence-electron chi connectivity index (χ0n) is 8.83. The third kappa shape index (κ3) is 1.89. The Bertz CT molecular complexity index is 436. The quantitative estimate of drug-likeness (QED) is 0.711. The molecule has 2 rings (SSSR count). The number of rotatable bonds is 4. The molecule has 0 spiro atoms. The van der Waals surface area contributed by atoms with Crippen LogP contribution in [0.1, 0.15) is 18.0 Å². The lowest BCUT2D eigenvalue weighted by atomic mass is 10.0. The topological polar surface area (TPSA) is 48.0 Å². The van der Waals surface area contributed by atoms with Crippen LogP contribution in [0.5, 0.6) is 0 Å². The van der Waals surface area contributed by atoms with Crippen molar-refractivity contribution in [2.24, 2.45) is 0 Å². The van der Waals surface area contributed by atoms with Gasteiger partial charge in [0.2, 0.25) is 0 Å². The van der Waals surface area contributed by atoms with E-state index in [9.17, 15) is 0 Å². The van der Waals surface area contributed by atoms with Crippen molar-refractivity contribution in [2.45, 2.75) is 12.5 Å². The van der Waals surface area contributed by atoms with Crippen LogP contribution in [0.25, 0.3) is 10.9 Å². The summed E-state index contributed by atoms with van der Waals surface area (Å²) < 4.78 is 0. The van der Waals surface area contributed by atoms with E-state index in [1.165, 1.54) is 10.9 Å². The Kier molecular flexibility index (Phi) is 3.04. The molecular formula is C12H16N2O. The minimum Gasteiger partial charge on any atom is -0.396 e. The van der Waals surface area contributed by atoms with Gasteiger partial charge in [0.05, 0.1) is 0 Å². The molecule has 3 heteroatoms. The molecule has 80 valence electrons. The van der Waals surface area contributed by atoms with Gasteiger partial charge in [-0.15, -0.1) is 0 Å². The SMILES string of the molecule is CNC(CCO)c1c[nH]c2ccccc12. The Morgan fingerprint density at radius 3 is 2.93 bits per heavy atom. The van der Waals surface area contributed by atoms with E-state index in [4.69, 9.17) is 5.11 Å². The minimum atomic E-state index is 0.199. The molecule has 0 bridgehead atoms. The Morgan fingerprint density at radius 1 is 1.40 bits per heavy atom. The maximum absolute atomic E-state index is 8.99. The van der Waals surface area contributed by atoms with Gasteiger partial charge in [-0.25, -0.2) is 0 Å². The van der Waals surface area contributed by atoms with Crippen molar-refractivity contribution in [3.8, 4) is 0 Å². The van der Waals surface area contributed by atoms with Crippen molar-refractivity contribution < 1.29 is 5.11 Å². The van der Waals surface area contributed by atoms with Crippen LogP contribution in [0, 0.1) is 0 Å². The molecule has 1 aromatic carbocycles. The van der Waals surface area contributed by atoms with Crippen LogP contribution in [-0.2, 0) is 0 Å². The molecule has 1 aromatic heterocycles. The maximum Gasteiger partial charge on any atom is 0.0457 e. The number of aromatic amines is 1. The summed E-state index contributed by atoms with van der Waals surface area (Å²) >= 11 is 0. The number of H-pyrrole nitrogens is 1. The average Bonchev–Trinajstić information content (AvgIpc) is 2.70. The predicted molar refractivity (Wildman–Crippen MR) is 61.8 cm³/mol. The molecule has 15 heavy (non-hydrogen) atoms. The van der Waals surface area contributed by atoms with Crippen molar-refractivity contribution in [1.29, 1.82) is 0 Å². The van der Waals surface area contributed by atoms with E-state index in [0.717, 1.165) is 11.9 Å². The van der Waals surface area contributed by atoms with Gasteiger partial charge in [-0.05, 0) is 25.1 Å². The summed E-state index contributed by atoms with van der Waals surface area (Å²) in [4.78, 5) is 3.24. The van der Waals surface area contributed by atoms with E-state index >= 15 is 0 Å². The lowest BCUT2D eigenvalue weighted by Gasteiger charge is -2.13. The molecule has 1 heterocycles. The lowest BCUT2D eigenvalue weighted by molar-refractivity contribution is 0.269. The molecule has 0 aliphatic heterocycles. The van der Waals surface area contributed by atoms with Crippen LogP contribution in [0.4, 0.5) is 0 Å². The van der Waals surface area contributed by atoms with Crippen LogP contribution in [0.3, 0.4) is 0 Å². The second-order valence-corrected chi connectivity index (χ2v) is 3.64. The number of aliphatic hydroxyl groups excluding tert-OH is 1. The van der Waals surface area contributed by atoms with Crippen molar-refractivity contribution in [1.82, 2.24) is 10.3 Å². The molecule has 0 amide bonds. The first-order valence-corrected chi connectivity index (χ1v) is 5.21. The van der Waals surface area contributed by atoms with Crippen LogP contribution in [0.15, 0.2) is 30.5 Å². The van der Waals surface area contributed by atoms with Crippen molar-refractivity contribution in [3.05, 3.63) is 36.0 Å². The Hall–Kier alpha value is -1.32. The Morgan fingerprint density at radius 2 is 2.20 bits per heavy atom. The Balaban J connectivity index is 2.41. The highest BCUT2D eigenvalue weighted by Crippen LogP contribution is 2.25. The van der Waals surface area contributed by atoms with E-state index in [-0.39, 0.29) is 12.6 Å². The number of fused-ring (bicyclic) bond motifs is 1. The summed E-state index contributed by atoms with van der Waals surface area (Å²) in [5.41, 5.74) is 2.37. The highest BCUT2D eigenvalue weighted by molar-refractivity contribution is 5.83. The van der Waals surface area contributed by atoms with E-state index in [1.807, 2.05) is 25.4 Å². The fourth-order valence-corrected chi connectivity index (χ4v) is 1.97. The number of benzene rings is 1. The molecule has 3 nitrogen and oxygen atoms in total. The smallest absolute Gasteiger partial charge is 0.0457 e. The zero-order chi connectivity index (χ0) is 10.7. The van der Waals surface area contributed by atoms with Crippen LogP contribution < -0.4 is 5.32 Å².